The Labute approximate surface area is 228 Å². The quantitative estimate of drug-likeness (QED) is 0.371. The van der Waals surface area contributed by atoms with E-state index in [0.717, 1.165) is 5.56 Å². The van der Waals surface area contributed by atoms with Crippen molar-refractivity contribution in [2.45, 2.75) is 70.3 Å². The molecule has 3 aromatic rings. The van der Waals surface area contributed by atoms with Crippen molar-refractivity contribution in [3.05, 3.63) is 47.8 Å². The summed E-state index contributed by atoms with van der Waals surface area (Å²) in [7, 11) is -1.13. The molecule has 0 bridgehead atoms. The van der Waals surface area contributed by atoms with Gasteiger partial charge in [-0.3, -0.25) is 14.1 Å². The molecule has 3 atom stereocenters. The van der Waals surface area contributed by atoms with Gasteiger partial charge in [-0.05, 0) is 51.8 Å². The van der Waals surface area contributed by atoms with Gasteiger partial charge in [-0.2, -0.15) is 0 Å². The van der Waals surface area contributed by atoms with Crippen molar-refractivity contribution in [2.75, 3.05) is 18.9 Å². The number of carbonyl (C=O) groups is 1. The lowest BCUT2D eigenvalue weighted by molar-refractivity contribution is -0.117. The fourth-order valence-electron chi connectivity index (χ4n) is 4.54. The van der Waals surface area contributed by atoms with E-state index in [0.29, 0.717) is 35.9 Å². The van der Waals surface area contributed by atoms with Crippen molar-refractivity contribution in [2.24, 2.45) is 0 Å². The highest BCUT2D eigenvalue weighted by Crippen LogP contribution is 2.40. The molecule has 0 aliphatic heterocycles. The zero-order chi connectivity index (χ0) is 28.3. The van der Waals surface area contributed by atoms with Gasteiger partial charge in [-0.15, -0.1) is 10.2 Å². The van der Waals surface area contributed by atoms with Gasteiger partial charge in [-0.1, -0.05) is 6.07 Å². The van der Waals surface area contributed by atoms with Gasteiger partial charge in [0.1, 0.15) is 40.1 Å². The van der Waals surface area contributed by atoms with Gasteiger partial charge in [0.05, 0.1) is 20.3 Å². The van der Waals surface area contributed by atoms with Crippen LogP contribution in [0, 0.1) is 6.92 Å². The van der Waals surface area contributed by atoms with E-state index in [1.165, 1.54) is 21.1 Å². The standard InChI is InChI=1S/C26H34N6O6S/c1-15(2)38-23(24-27-13-16(3)14-28-24)17(4)39(34,35)31-26-30-29-25(18-10-11-19(33)12-18)32(26)22-20(36-5)8-7-9-21(22)37-6/h7-9,13-15,17-18,23H,10-12H2,1-6H3,(H,30,31)/t17-,18-,23+/m0/s1. The second-order valence-corrected chi connectivity index (χ2v) is 11.8. The molecule has 0 spiro atoms. The first kappa shape index (κ1) is 28.4. The number of para-hydroxylation sites is 1. The SMILES string of the molecule is COc1cccc(OC)c1-n1c(NS(=O)(=O)[C@@H](C)[C@@H](OC(C)C)c2ncc(C)cn2)nnc1[C@H]1CCC(=O)C1. The van der Waals surface area contributed by atoms with E-state index in [1.807, 2.05) is 20.8 Å². The molecular weight excluding hydrogens is 524 g/mol. The maximum Gasteiger partial charge on any atom is 0.243 e. The minimum atomic E-state index is -4.13. The smallest absolute Gasteiger partial charge is 0.243 e. The first-order chi connectivity index (χ1) is 18.6. The Kier molecular flexibility index (Phi) is 8.50. The van der Waals surface area contributed by atoms with Crippen LogP contribution < -0.4 is 14.2 Å². The zero-order valence-electron chi connectivity index (χ0n) is 22.9. The van der Waals surface area contributed by atoms with Crippen LogP contribution in [0.25, 0.3) is 5.69 Å². The van der Waals surface area contributed by atoms with Crippen molar-refractivity contribution in [1.29, 1.82) is 0 Å². The van der Waals surface area contributed by atoms with Gasteiger partial charge >= 0.3 is 0 Å². The second-order valence-electron chi connectivity index (χ2n) is 9.78. The van der Waals surface area contributed by atoms with Crippen LogP contribution in [0.3, 0.4) is 0 Å². The number of carbonyl (C=O) groups excluding carboxylic acids is 1. The summed E-state index contributed by atoms with van der Waals surface area (Å²) in [5.74, 6) is 1.34. The molecule has 1 aliphatic rings. The van der Waals surface area contributed by atoms with Crippen LogP contribution in [0.5, 0.6) is 11.5 Å². The first-order valence-electron chi connectivity index (χ1n) is 12.7. The summed E-state index contributed by atoms with van der Waals surface area (Å²) < 4.78 is 48.9. The minimum absolute atomic E-state index is 0.0629. The van der Waals surface area contributed by atoms with Crippen molar-refractivity contribution in [3.63, 3.8) is 0 Å². The molecular formula is C26H34N6O6S. The van der Waals surface area contributed by atoms with Gasteiger partial charge in [0.15, 0.2) is 5.82 Å². The molecule has 12 nitrogen and oxygen atoms in total. The maximum atomic E-state index is 13.8. The Morgan fingerprint density at radius 3 is 2.23 bits per heavy atom. The fourth-order valence-corrected chi connectivity index (χ4v) is 5.62. The van der Waals surface area contributed by atoms with E-state index >= 15 is 0 Å². The third-order valence-corrected chi connectivity index (χ3v) is 8.24. The number of hydrogen-bond acceptors (Lipinski definition) is 10. The van der Waals surface area contributed by atoms with Gasteiger partial charge in [0.25, 0.3) is 0 Å². The Hall–Kier alpha value is -3.58. The largest absolute Gasteiger partial charge is 0.494 e. The average Bonchev–Trinajstić information content (AvgIpc) is 3.52. The highest BCUT2D eigenvalue weighted by molar-refractivity contribution is 7.93. The number of nitrogens with one attached hydrogen (secondary N) is 1. The molecule has 1 aliphatic carbocycles. The molecule has 1 saturated carbocycles. The molecule has 2 heterocycles. The Bertz CT molecular complexity index is 1400. The van der Waals surface area contributed by atoms with Gasteiger partial charge in [-0.25, -0.2) is 18.4 Å². The maximum absolute atomic E-state index is 13.8. The van der Waals surface area contributed by atoms with Crippen LogP contribution in [-0.2, 0) is 19.6 Å². The normalized spacial score (nSPS) is 17.3. The average molecular weight is 559 g/mol. The summed E-state index contributed by atoms with van der Waals surface area (Å²) in [6.45, 7) is 7.00. The number of aromatic nitrogens is 5. The summed E-state index contributed by atoms with van der Waals surface area (Å²) in [6.07, 6.45) is 3.28. The summed E-state index contributed by atoms with van der Waals surface area (Å²) in [6, 6.07) is 5.21. The molecule has 0 saturated heterocycles. The highest BCUT2D eigenvalue weighted by atomic mass is 32.2. The predicted molar refractivity (Wildman–Crippen MR) is 144 cm³/mol. The number of benzene rings is 1. The van der Waals surface area contributed by atoms with E-state index in [1.54, 1.807) is 35.2 Å². The van der Waals surface area contributed by atoms with Crippen LogP contribution in [-0.4, -0.2) is 64.5 Å². The molecule has 4 rings (SSSR count). The second kappa shape index (κ2) is 11.7. The third kappa shape index (κ3) is 6.04. The van der Waals surface area contributed by atoms with Crippen LogP contribution in [0.2, 0.25) is 0 Å². The number of hydrogen-bond donors (Lipinski definition) is 1. The van der Waals surface area contributed by atoms with E-state index in [4.69, 9.17) is 14.2 Å². The van der Waals surface area contributed by atoms with Crippen molar-refractivity contribution < 1.29 is 27.4 Å². The molecule has 13 heteroatoms. The van der Waals surface area contributed by atoms with Crippen LogP contribution in [0.15, 0.2) is 30.6 Å². The van der Waals surface area contributed by atoms with E-state index in [9.17, 15) is 13.2 Å². The highest BCUT2D eigenvalue weighted by Gasteiger charge is 2.37. The van der Waals surface area contributed by atoms with E-state index < -0.39 is 21.4 Å². The third-order valence-electron chi connectivity index (χ3n) is 6.55. The minimum Gasteiger partial charge on any atom is -0.494 e. The topological polar surface area (TPSA) is 147 Å². The zero-order valence-corrected chi connectivity index (χ0v) is 23.7. The van der Waals surface area contributed by atoms with Crippen molar-refractivity contribution in [3.8, 4) is 17.2 Å². The fraction of sp³-hybridized carbons (Fsp3) is 0.500. The summed E-state index contributed by atoms with van der Waals surface area (Å²) in [5.41, 5.74) is 1.26. The molecule has 1 N–H and O–H groups in total. The number of ether oxygens (including phenoxy) is 3. The van der Waals surface area contributed by atoms with Crippen molar-refractivity contribution in [1.82, 2.24) is 24.7 Å². The summed E-state index contributed by atoms with van der Waals surface area (Å²) in [5, 5.41) is 7.44. The lowest BCUT2D eigenvalue weighted by atomic mass is 10.1. The number of Topliss-reactive ketones (excluding diaryl/α,β-unsaturated/α-hetero) is 1. The number of ketones is 1. The molecule has 39 heavy (non-hydrogen) atoms. The molecule has 0 radical (unpaired) electrons. The molecule has 0 amide bonds. The van der Waals surface area contributed by atoms with Crippen LogP contribution >= 0.6 is 0 Å². The Morgan fingerprint density at radius 1 is 1.05 bits per heavy atom. The van der Waals surface area contributed by atoms with Crippen molar-refractivity contribution >= 4 is 21.8 Å². The summed E-state index contributed by atoms with van der Waals surface area (Å²) >= 11 is 0. The molecule has 210 valence electrons. The van der Waals surface area contributed by atoms with Crippen LogP contribution in [0.4, 0.5) is 5.95 Å². The molecule has 2 aromatic heterocycles. The van der Waals surface area contributed by atoms with Crippen LogP contribution in [0.1, 0.15) is 69.3 Å². The number of nitrogens with zero attached hydrogens (tertiary/aromatic N) is 5. The molecule has 1 aromatic carbocycles. The van der Waals surface area contributed by atoms with E-state index in [2.05, 4.69) is 24.9 Å². The number of aryl methyl sites for hydroxylation is 1. The lowest BCUT2D eigenvalue weighted by Gasteiger charge is -2.26. The number of methoxy groups -OCH3 is 2. The Balaban J connectivity index is 1.79. The van der Waals surface area contributed by atoms with Gasteiger partial charge in [0, 0.05) is 31.2 Å². The lowest BCUT2D eigenvalue weighted by Crippen LogP contribution is -2.35. The van der Waals surface area contributed by atoms with E-state index in [-0.39, 0.29) is 36.0 Å². The Morgan fingerprint density at radius 2 is 1.69 bits per heavy atom. The number of rotatable bonds is 11. The monoisotopic (exact) mass is 558 g/mol. The number of anilines is 1. The predicted octanol–water partition coefficient (Wildman–Crippen LogP) is 3.52. The molecule has 0 unspecified atom stereocenters. The van der Waals surface area contributed by atoms with Gasteiger partial charge in [0.2, 0.25) is 16.0 Å². The summed E-state index contributed by atoms with van der Waals surface area (Å²) in [4.78, 5) is 20.8. The van der Waals surface area contributed by atoms with Gasteiger partial charge < -0.3 is 14.2 Å². The number of sulfonamides is 1. The molecule has 1 fully saturated rings. The first-order valence-corrected chi connectivity index (χ1v) is 14.2.